The van der Waals surface area contributed by atoms with Crippen LogP contribution in [0.1, 0.15) is 16.1 Å². The summed E-state index contributed by atoms with van der Waals surface area (Å²) in [6.07, 6.45) is 0. The van der Waals surface area contributed by atoms with E-state index < -0.39 is 0 Å². The third kappa shape index (κ3) is 4.24. The molecule has 0 saturated carbocycles. The van der Waals surface area contributed by atoms with Gasteiger partial charge in [-0.1, -0.05) is 29.8 Å². The quantitative estimate of drug-likeness (QED) is 0.680. The lowest BCUT2D eigenvalue weighted by molar-refractivity contribution is 0.0942. The first-order valence-electron chi connectivity index (χ1n) is 6.25. The Kier molecular flexibility index (Phi) is 4.96. The second-order valence-corrected chi connectivity index (χ2v) is 4.65. The molecule has 1 heterocycles. The van der Waals surface area contributed by atoms with Gasteiger partial charge in [0, 0.05) is 0 Å². The maximum Gasteiger partial charge on any atom is 0.270 e. The molecular weight excluding hydrogens is 276 g/mol. The summed E-state index contributed by atoms with van der Waals surface area (Å²) in [7, 11) is 0. The molecule has 1 amide bonds. The number of aromatic nitrogens is 1. The number of aryl methyl sites for hydroxylation is 1. The Morgan fingerprint density at radius 1 is 1.30 bits per heavy atom. The van der Waals surface area contributed by atoms with Crippen molar-refractivity contribution in [2.45, 2.75) is 6.92 Å². The topological polar surface area (TPSA) is 51.2 Å². The fourth-order valence-corrected chi connectivity index (χ4v) is 1.83. The van der Waals surface area contributed by atoms with Gasteiger partial charge >= 0.3 is 0 Å². The number of ether oxygens (including phenoxy) is 1. The van der Waals surface area contributed by atoms with E-state index in [-0.39, 0.29) is 5.91 Å². The van der Waals surface area contributed by atoms with Crippen LogP contribution in [0.2, 0.25) is 5.15 Å². The molecule has 1 N–H and O–H groups in total. The lowest BCUT2D eigenvalue weighted by Gasteiger charge is -2.08. The highest BCUT2D eigenvalue weighted by Gasteiger charge is 2.06. The van der Waals surface area contributed by atoms with Crippen molar-refractivity contribution in [2.75, 3.05) is 13.2 Å². The zero-order valence-electron chi connectivity index (χ0n) is 11.1. The summed E-state index contributed by atoms with van der Waals surface area (Å²) in [4.78, 5) is 15.7. The Bertz CT molecular complexity index is 602. The van der Waals surface area contributed by atoms with E-state index in [1.165, 1.54) is 0 Å². The number of pyridine rings is 1. The Labute approximate surface area is 122 Å². The molecule has 0 aliphatic carbocycles. The summed E-state index contributed by atoms with van der Waals surface area (Å²) in [5.74, 6) is 0.528. The highest BCUT2D eigenvalue weighted by molar-refractivity contribution is 6.29. The van der Waals surface area contributed by atoms with E-state index in [1.807, 2.05) is 31.2 Å². The number of carbonyl (C=O) groups excluding carboxylic acids is 1. The van der Waals surface area contributed by atoms with E-state index in [0.29, 0.717) is 24.0 Å². The Morgan fingerprint density at radius 3 is 2.85 bits per heavy atom. The van der Waals surface area contributed by atoms with E-state index in [4.69, 9.17) is 16.3 Å². The predicted molar refractivity (Wildman–Crippen MR) is 78.3 cm³/mol. The summed E-state index contributed by atoms with van der Waals surface area (Å²) < 4.78 is 5.54. The van der Waals surface area contributed by atoms with Gasteiger partial charge in [0.05, 0.1) is 6.54 Å². The molecule has 1 aromatic carbocycles. The number of rotatable bonds is 5. The molecule has 0 bridgehead atoms. The predicted octanol–water partition coefficient (Wildman–Crippen LogP) is 2.85. The molecule has 0 radical (unpaired) electrons. The summed E-state index contributed by atoms with van der Waals surface area (Å²) in [6.45, 7) is 2.80. The van der Waals surface area contributed by atoms with Crippen molar-refractivity contribution >= 4 is 17.5 Å². The van der Waals surface area contributed by atoms with Gasteiger partial charge in [-0.15, -0.1) is 0 Å². The van der Waals surface area contributed by atoms with Gasteiger partial charge in [-0.3, -0.25) is 4.79 Å². The van der Waals surface area contributed by atoms with Gasteiger partial charge in [0.2, 0.25) is 0 Å². The fraction of sp³-hybridized carbons (Fsp3) is 0.200. The van der Waals surface area contributed by atoms with E-state index >= 15 is 0 Å². The molecule has 5 heteroatoms. The van der Waals surface area contributed by atoms with Crippen LogP contribution in [-0.2, 0) is 0 Å². The van der Waals surface area contributed by atoms with Crippen LogP contribution in [-0.4, -0.2) is 24.0 Å². The number of halogens is 1. The summed E-state index contributed by atoms with van der Waals surface area (Å²) >= 11 is 5.73. The maximum absolute atomic E-state index is 11.8. The van der Waals surface area contributed by atoms with Crippen molar-refractivity contribution in [1.82, 2.24) is 10.3 Å². The van der Waals surface area contributed by atoms with Gasteiger partial charge in [-0.25, -0.2) is 4.98 Å². The van der Waals surface area contributed by atoms with Crippen LogP contribution in [0.3, 0.4) is 0 Å². The number of nitrogens with zero attached hydrogens (tertiary/aromatic N) is 1. The minimum Gasteiger partial charge on any atom is -0.492 e. The monoisotopic (exact) mass is 290 g/mol. The molecule has 0 unspecified atom stereocenters. The number of nitrogens with one attached hydrogen (secondary N) is 1. The van der Waals surface area contributed by atoms with E-state index in [1.54, 1.807) is 18.2 Å². The van der Waals surface area contributed by atoms with Crippen LogP contribution < -0.4 is 10.1 Å². The SMILES string of the molecule is Cc1cccc(OCCNC(=O)c2cccc(Cl)n2)c1. The van der Waals surface area contributed by atoms with Crippen molar-refractivity contribution < 1.29 is 9.53 Å². The molecule has 104 valence electrons. The standard InChI is InChI=1S/C15H15ClN2O2/c1-11-4-2-5-12(10-11)20-9-8-17-15(19)13-6-3-7-14(16)18-13/h2-7,10H,8-9H2,1H3,(H,17,19). The van der Waals surface area contributed by atoms with E-state index in [2.05, 4.69) is 10.3 Å². The first-order valence-corrected chi connectivity index (χ1v) is 6.63. The molecule has 0 aliphatic heterocycles. The molecule has 2 aromatic rings. The smallest absolute Gasteiger partial charge is 0.270 e. The normalized spacial score (nSPS) is 10.1. The first-order chi connectivity index (χ1) is 9.65. The molecule has 0 saturated heterocycles. The van der Waals surface area contributed by atoms with Crippen molar-refractivity contribution in [3.05, 3.63) is 58.9 Å². The average Bonchev–Trinajstić information content (AvgIpc) is 2.43. The van der Waals surface area contributed by atoms with Crippen molar-refractivity contribution in [3.63, 3.8) is 0 Å². The van der Waals surface area contributed by atoms with Gasteiger partial charge in [-0.2, -0.15) is 0 Å². The Balaban J connectivity index is 1.77. The van der Waals surface area contributed by atoms with Gasteiger partial charge in [0.15, 0.2) is 0 Å². The zero-order valence-corrected chi connectivity index (χ0v) is 11.9. The number of hydrogen-bond donors (Lipinski definition) is 1. The highest BCUT2D eigenvalue weighted by Crippen LogP contribution is 2.11. The average molecular weight is 291 g/mol. The Hall–Kier alpha value is -2.07. The molecule has 0 aliphatic rings. The number of hydrogen-bond acceptors (Lipinski definition) is 3. The fourth-order valence-electron chi connectivity index (χ4n) is 1.66. The molecule has 2 rings (SSSR count). The maximum atomic E-state index is 11.8. The molecule has 20 heavy (non-hydrogen) atoms. The van der Waals surface area contributed by atoms with Crippen LogP contribution in [0.25, 0.3) is 0 Å². The van der Waals surface area contributed by atoms with Gasteiger partial charge in [0.25, 0.3) is 5.91 Å². The van der Waals surface area contributed by atoms with E-state index in [9.17, 15) is 4.79 Å². The minimum absolute atomic E-state index is 0.264. The third-order valence-electron chi connectivity index (χ3n) is 2.59. The third-order valence-corrected chi connectivity index (χ3v) is 2.80. The molecule has 0 atom stereocenters. The largest absolute Gasteiger partial charge is 0.492 e. The summed E-state index contributed by atoms with van der Waals surface area (Å²) in [5.41, 5.74) is 1.43. The first kappa shape index (κ1) is 14.3. The highest BCUT2D eigenvalue weighted by atomic mass is 35.5. The van der Waals surface area contributed by atoms with Crippen LogP contribution in [0.5, 0.6) is 5.75 Å². The van der Waals surface area contributed by atoms with Crippen LogP contribution in [0.4, 0.5) is 0 Å². The molecule has 0 spiro atoms. The zero-order chi connectivity index (χ0) is 14.4. The molecule has 0 fully saturated rings. The van der Waals surface area contributed by atoms with Gasteiger partial charge in [-0.05, 0) is 36.8 Å². The number of amides is 1. The summed E-state index contributed by atoms with van der Waals surface area (Å²) in [6, 6.07) is 12.7. The summed E-state index contributed by atoms with van der Waals surface area (Å²) in [5, 5.41) is 3.03. The van der Waals surface area contributed by atoms with Crippen molar-refractivity contribution in [2.24, 2.45) is 0 Å². The van der Waals surface area contributed by atoms with Crippen LogP contribution in [0, 0.1) is 6.92 Å². The van der Waals surface area contributed by atoms with Gasteiger partial charge in [0.1, 0.15) is 23.2 Å². The molecular formula is C15H15ClN2O2. The van der Waals surface area contributed by atoms with Crippen molar-refractivity contribution in [3.8, 4) is 5.75 Å². The van der Waals surface area contributed by atoms with Crippen LogP contribution in [0.15, 0.2) is 42.5 Å². The van der Waals surface area contributed by atoms with Gasteiger partial charge < -0.3 is 10.1 Å². The lowest BCUT2D eigenvalue weighted by Crippen LogP contribution is -2.28. The van der Waals surface area contributed by atoms with E-state index in [0.717, 1.165) is 11.3 Å². The Morgan fingerprint density at radius 2 is 2.10 bits per heavy atom. The van der Waals surface area contributed by atoms with Crippen LogP contribution >= 0.6 is 11.6 Å². The molecule has 1 aromatic heterocycles. The lowest BCUT2D eigenvalue weighted by atomic mass is 10.2. The number of carbonyl (C=O) groups is 1. The minimum atomic E-state index is -0.264. The van der Waals surface area contributed by atoms with Crippen molar-refractivity contribution in [1.29, 1.82) is 0 Å². The number of benzene rings is 1. The molecule has 4 nitrogen and oxygen atoms in total. The second-order valence-electron chi connectivity index (χ2n) is 4.27. The second kappa shape index (κ2) is 6.91.